The molecule has 0 N–H and O–H groups in total. The van der Waals surface area contributed by atoms with Crippen LogP contribution in [0.4, 0.5) is 13.2 Å². The number of aromatic nitrogens is 2. The minimum atomic E-state index is -4.47. The quantitative estimate of drug-likeness (QED) is 0.806. The Morgan fingerprint density at radius 1 is 1.42 bits per heavy atom. The highest BCUT2D eigenvalue weighted by Gasteiger charge is 2.35. The molecule has 0 bridgehead atoms. The van der Waals surface area contributed by atoms with Crippen molar-refractivity contribution in [3.05, 3.63) is 22.7 Å². The predicted octanol–water partition coefficient (Wildman–Crippen LogP) is 2.85. The van der Waals surface area contributed by atoms with E-state index in [1.165, 1.54) is 19.9 Å². The van der Waals surface area contributed by atoms with Gasteiger partial charge in [0.25, 0.3) is 5.91 Å². The summed E-state index contributed by atoms with van der Waals surface area (Å²) in [5.74, 6) is -0.820. The zero-order valence-corrected chi connectivity index (χ0v) is 11.4. The zero-order chi connectivity index (χ0) is 14.8. The molecule has 0 spiro atoms. The summed E-state index contributed by atoms with van der Waals surface area (Å²) in [5, 5.41) is -0.168. The van der Waals surface area contributed by atoms with Crippen LogP contribution in [0.15, 0.2) is 6.07 Å². The van der Waals surface area contributed by atoms with Gasteiger partial charge in [-0.05, 0) is 38.4 Å². The van der Waals surface area contributed by atoms with Gasteiger partial charge in [-0.25, -0.2) is 9.97 Å². The number of nitrogens with zero attached hydrogens (tertiary/aromatic N) is 3. The number of amides is 1. The lowest BCUT2D eigenvalue weighted by molar-refractivity contribution is -0.143. The van der Waals surface area contributed by atoms with Crippen LogP contribution in [0.1, 0.15) is 30.0 Å². The van der Waals surface area contributed by atoms with Gasteiger partial charge in [0, 0.05) is 11.7 Å². The molecule has 8 heteroatoms. The molecule has 1 amide bonds. The standard InChI is InChI=1S/C11H13ClF3N3O/c1-6(2)18(5-11(13,14)15)9(19)8-4-7(3)16-10(12)17-8/h4,6H,5H2,1-3H3. The Balaban J connectivity index is 3.06. The van der Waals surface area contributed by atoms with Crippen molar-refractivity contribution in [1.29, 1.82) is 0 Å². The number of rotatable bonds is 3. The molecule has 106 valence electrons. The molecule has 0 atom stereocenters. The first-order chi connectivity index (χ1) is 8.60. The number of carbonyl (C=O) groups excluding carboxylic acids is 1. The molecule has 19 heavy (non-hydrogen) atoms. The predicted molar refractivity (Wildman–Crippen MR) is 64.0 cm³/mol. The zero-order valence-electron chi connectivity index (χ0n) is 10.6. The normalized spacial score (nSPS) is 11.8. The van der Waals surface area contributed by atoms with Crippen molar-refractivity contribution >= 4 is 17.5 Å². The molecule has 1 aromatic rings. The van der Waals surface area contributed by atoms with Crippen molar-refractivity contribution in [3.63, 3.8) is 0 Å². The number of hydrogen-bond acceptors (Lipinski definition) is 3. The van der Waals surface area contributed by atoms with Crippen LogP contribution >= 0.6 is 11.6 Å². The van der Waals surface area contributed by atoms with Crippen molar-refractivity contribution in [3.8, 4) is 0 Å². The van der Waals surface area contributed by atoms with Crippen molar-refractivity contribution in [2.45, 2.75) is 33.0 Å². The molecule has 0 unspecified atom stereocenters. The van der Waals surface area contributed by atoms with E-state index in [0.717, 1.165) is 0 Å². The first-order valence-corrected chi connectivity index (χ1v) is 5.87. The van der Waals surface area contributed by atoms with E-state index >= 15 is 0 Å². The van der Waals surface area contributed by atoms with E-state index in [1.54, 1.807) is 6.92 Å². The number of alkyl halides is 3. The van der Waals surface area contributed by atoms with Crippen LogP contribution in [0.2, 0.25) is 5.28 Å². The highest BCUT2D eigenvalue weighted by atomic mass is 35.5. The van der Waals surface area contributed by atoms with Gasteiger partial charge >= 0.3 is 6.18 Å². The maximum absolute atomic E-state index is 12.4. The molecule has 0 aliphatic rings. The summed E-state index contributed by atoms with van der Waals surface area (Å²) >= 11 is 5.60. The molecular weight excluding hydrogens is 283 g/mol. The first-order valence-electron chi connectivity index (χ1n) is 5.49. The van der Waals surface area contributed by atoms with Gasteiger partial charge in [0.05, 0.1) is 0 Å². The maximum atomic E-state index is 12.4. The fourth-order valence-corrected chi connectivity index (χ4v) is 1.70. The van der Waals surface area contributed by atoms with Crippen LogP contribution < -0.4 is 0 Å². The highest BCUT2D eigenvalue weighted by molar-refractivity contribution is 6.28. The molecule has 0 saturated heterocycles. The summed E-state index contributed by atoms with van der Waals surface area (Å²) in [5.41, 5.74) is 0.273. The lowest BCUT2D eigenvalue weighted by atomic mass is 10.2. The van der Waals surface area contributed by atoms with E-state index in [0.29, 0.717) is 10.6 Å². The molecular formula is C11H13ClF3N3O. The second kappa shape index (κ2) is 5.73. The van der Waals surface area contributed by atoms with E-state index < -0.39 is 24.7 Å². The van der Waals surface area contributed by atoms with Crippen molar-refractivity contribution in [2.75, 3.05) is 6.54 Å². The summed E-state index contributed by atoms with van der Waals surface area (Å²) in [7, 11) is 0. The van der Waals surface area contributed by atoms with Crippen LogP contribution in [0.25, 0.3) is 0 Å². The van der Waals surface area contributed by atoms with Gasteiger partial charge in [0.1, 0.15) is 12.2 Å². The molecule has 1 rings (SSSR count). The van der Waals surface area contributed by atoms with Crippen molar-refractivity contribution in [2.24, 2.45) is 0 Å². The topological polar surface area (TPSA) is 46.1 Å². The SMILES string of the molecule is Cc1cc(C(=O)N(CC(F)(F)F)C(C)C)nc(Cl)n1. The molecule has 4 nitrogen and oxygen atoms in total. The summed E-state index contributed by atoms with van der Waals surface area (Å²) < 4.78 is 37.3. The second-order valence-corrected chi connectivity index (χ2v) is 4.64. The van der Waals surface area contributed by atoms with Gasteiger partial charge in [0.15, 0.2) is 0 Å². The van der Waals surface area contributed by atoms with Crippen LogP contribution in [0.5, 0.6) is 0 Å². The van der Waals surface area contributed by atoms with Crippen molar-refractivity contribution < 1.29 is 18.0 Å². The Hall–Kier alpha value is -1.37. The largest absolute Gasteiger partial charge is 0.406 e. The molecule has 0 fully saturated rings. The highest BCUT2D eigenvalue weighted by Crippen LogP contribution is 2.20. The minimum absolute atomic E-state index is 0.143. The van der Waals surface area contributed by atoms with Gasteiger partial charge in [-0.2, -0.15) is 13.2 Å². The number of halogens is 4. The fourth-order valence-electron chi connectivity index (χ4n) is 1.47. The number of carbonyl (C=O) groups is 1. The molecule has 0 aromatic carbocycles. The Morgan fingerprint density at radius 2 is 2.00 bits per heavy atom. The average molecular weight is 296 g/mol. The Morgan fingerprint density at radius 3 is 2.42 bits per heavy atom. The van der Waals surface area contributed by atoms with E-state index in [4.69, 9.17) is 11.6 Å². The average Bonchev–Trinajstić information content (AvgIpc) is 2.22. The lowest BCUT2D eigenvalue weighted by Gasteiger charge is -2.27. The first kappa shape index (κ1) is 15.7. The van der Waals surface area contributed by atoms with E-state index in [-0.39, 0.29) is 11.0 Å². The van der Waals surface area contributed by atoms with E-state index in [9.17, 15) is 18.0 Å². The Labute approximate surface area is 113 Å². The van der Waals surface area contributed by atoms with E-state index in [1.807, 2.05) is 0 Å². The third-order valence-electron chi connectivity index (χ3n) is 2.28. The van der Waals surface area contributed by atoms with E-state index in [2.05, 4.69) is 9.97 Å². The smallest absolute Gasteiger partial charge is 0.326 e. The van der Waals surface area contributed by atoms with Crippen LogP contribution in [-0.2, 0) is 0 Å². The second-order valence-electron chi connectivity index (χ2n) is 4.31. The lowest BCUT2D eigenvalue weighted by Crippen LogP contribution is -2.43. The molecule has 0 aliphatic carbocycles. The van der Waals surface area contributed by atoms with Crippen LogP contribution in [0.3, 0.4) is 0 Å². The number of aryl methyl sites for hydroxylation is 1. The van der Waals surface area contributed by atoms with Crippen molar-refractivity contribution in [1.82, 2.24) is 14.9 Å². The van der Waals surface area contributed by atoms with Crippen LogP contribution in [0, 0.1) is 6.92 Å². The molecule has 0 aliphatic heterocycles. The van der Waals surface area contributed by atoms with Gasteiger partial charge in [-0.15, -0.1) is 0 Å². The van der Waals surface area contributed by atoms with Gasteiger partial charge < -0.3 is 4.90 Å². The fraction of sp³-hybridized carbons (Fsp3) is 0.545. The summed E-state index contributed by atoms with van der Waals surface area (Å²) in [6, 6.07) is 0.697. The molecule has 1 aromatic heterocycles. The maximum Gasteiger partial charge on any atom is 0.406 e. The van der Waals surface area contributed by atoms with Crippen LogP contribution in [-0.4, -0.2) is 39.5 Å². The Kier molecular flexibility index (Phi) is 4.73. The third-order valence-corrected chi connectivity index (χ3v) is 2.45. The van der Waals surface area contributed by atoms with Gasteiger partial charge in [-0.1, -0.05) is 0 Å². The third kappa shape index (κ3) is 4.66. The Bertz CT molecular complexity index is 456. The summed E-state index contributed by atoms with van der Waals surface area (Å²) in [6.07, 6.45) is -4.47. The van der Waals surface area contributed by atoms with Gasteiger partial charge in [0.2, 0.25) is 5.28 Å². The number of hydrogen-bond donors (Lipinski definition) is 0. The molecule has 0 radical (unpaired) electrons. The summed E-state index contributed by atoms with van der Waals surface area (Å²) in [4.78, 5) is 20.2. The molecule has 0 saturated carbocycles. The monoisotopic (exact) mass is 295 g/mol. The minimum Gasteiger partial charge on any atom is -0.326 e. The van der Waals surface area contributed by atoms with Gasteiger partial charge in [-0.3, -0.25) is 4.79 Å². The summed E-state index contributed by atoms with van der Waals surface area (Å²) in [6.45, 7) is 3.25. The molecule has 1 heterocycles.